The Morgan fingerprint density at radius 2 is 1.64 bits per heavy atom. The standard InChI is InChI=1S/C9H19N.Y/c1-6-8-10(7-2)9(3,4)5;/h1-2,6-8H2,3-5H3;/q-2;. The first-order chi connectivity index (χ1) is 4.52. The van der Waals surface area contributed by atoms with Crippen molar-refractivity contribution in [2.45, 2.75) is 32.7 Å². The predicted molar refractivity (Wildman–Crippen MR) is 46.7 cm³/mol. The zero-order chi connectivity index (χ0) is 8.20. The third kappa shape index (κ3) is 6.25. The minimum Gasteiger partial charge on any atom is -0.342 e. The van der Waals surface area contributed by atoms with E-state index in [1.807, 2.05) is 0 Å². The van der Waals surface area contributed by atoms with E-state index >= 15 is 0 Å². The maximum atomic E-state index is 3.87. The first-order valence-corrected chi connectivity index (χ1v) is 3.86. The molecule has 0 spiro atoms. The summed E-state index contributed by atoms with van der Waals surface area (Å²) in [5.41, 5.74) is 0.249. The molecule has 0 bridgehead atoms. The van der Waals surface area contributed by atoms with E-state index in [1.165, 1.54) is 0 Å². The van der Waals surface area contributed by atoms with E-state index in [-0.39, 0.29) is 38.2 Å². The van der Waals surface area contributed by atoms with Gasteiger partial charge in [-0.3, -0.25) is 0 Å². The summed E-state index contributed by atoms with van der Waals surface area (Å²) < 4.78 is 0. The van der Waals surface area contributed by atoms with Gasteiger partial charge in [-0.25, -0.2) is 0 Å². The summed E-state index contributed by atoms with van der Waals surface area (Å²) in [7, 11) is 0. The van der Waals surface area contributed by atoms with Crippen LogP contribution in [0.1, 0.15) is 27.2 Å². The quantitative estimate of drug-likeness (QED) is 0.671. The summed E-state index contributed by atoms with van der Waals surface area (Å²) >= 11 is 0. The van der Waals surface area contributed by atoms with Crippen molar-refractivity contribution < 1.29 is 32.7 Å². The molecule has 0 saturated carbocycles. The molecule has 0 aliphatic rings. The minimum absolute atomic E-state index is 0. The molecule has 1 radical (unpaired) electrons. The molecule has 1 nitrogen and oxygen atoms in total. The van der Waals surface area contributed by atoms with Crippen molar-refractivity contribution >= 4 is 0 Å². The van der Waals surface area contributed by atoms with Crippen LogP contribution in [0.15, 0.2) is 0 Å². The van der Waals surface area contributed by atoms with Crippen molar-refractivity contribution in [1.82, 2.24) is 4.90 Å². The monoisotopic (exact) mass is 230 g/mol. The fourth-order valence-electron chi connectivity index (χ4n) is 0.973. The minimum atomic E-state index is 0. The van der Waals surface area contributed by atoms with Gasteiger partial charge in [0.05, 0.1) is 0 Å². The van der Waals surface area contributed by atoms with E-state index in [2.05, 4.69) is 39.5 Å². The Hall–Kier alpha value is 1.06. The van der Waals surface area contributed by atoms with Gasteiger partial charge in [0.25, 0.3) is 0 Å². The molecule has 0 unspecified atom stereocenters. The Morgan fingerprint density at radius 3 is 1.73 bits per heavy atom. The molecule has 0 N–H and O–H groups in total. The molecular weight excluding hydrogens is 211 g/mol. The molecule has 0 heterocycles. The molecule has 0 amide bonds. The maximum Gasteiger partial charge on any atom is 0.00950 e. The zero-order valence-corrected chi connectivity index (χ0v) is 10.9. The van der Waals surface area contributed by atoms with Crippen LogP contribution in [0.25, 0.3) is 0 Å². The van der Waals surface area contributed by atoms with E-state index in [0.29, 0.717) is 0 Å². The van der Waals surface area contributed by atoms with E-state index < -0.39 is 0 Å². The normalized spacial score (nSPS) is 11.5. The van der Waals surface area contributed by atoms with Crippen LogP contribution in [0.2, 0.25) is 0 Å². The molecule has 0 aromatic rings. The van der Waals surface area contributed by atoms with Crippen molar-refractivity contribution in [2.75, 3.05) is 13.1 Å². The average molecular weight is 230 g/mol. The summed E-state index contributed by atoms with van der Waals surface area (Å²) in [5.74, 6) is 0. The van der Waals surface area contributed by atoms with Gasteiger partial charge in [-0.15, -0.1) is 6.54 Å². The van der Waals surface area contributed by atoms with Crippen LogP contribution in [-0.2, 0) is 32.7 Å². The van der Waals surface area contributed by atoms with Crippen molar-refractivity contribution in [3.8, 4) is 0 Å². The molecule has 0 fully saturated rings. The molecular formula is C9H19NY-2. The van der Waals surface area contributed by atoms with Gasteiger partial charge in [-0.1, -0.05) is 0 Å². The Labute approximate surface area is 96.8 Å². The Bertz CT molecular complexity index is 86.1. The van der Waals surface area contributed by atoms with Gasteiger partial charge in [0.1, 0.15) is 0 Å². The van der Waals surface area contributed by atoms with Gasteiger partial charge in [-0.05, 0) is 27.3 Å². The second kappa shape index (κ2) is 6.57. The molecule has 65 valence electrons. The van der Waals surface area contributed by atoms with Crippen molar-refractivity contribution in [2.24, 2.45) is 0 Å². The Morgan fingerprint density at radius 1 is 1.18 bits per heavy atom. The van der Waals surface area contributed by atoms with Crippen LogP contribution in [0.5, 0.6) is 0 Å². The van der Waals surface area contributed by atoms with Crippen molar-refractivity contribution in [3.05, 3.63) is 13.8 Å². The van der Waals surface area contributed by atoms with Gasteiger partial charge in [0.2, 0.25) is 0 Å². The first-order valence-electron chi connectivity index (χ1n) is 3.86. The molecule has 2 heteroatoms. The average Bonchev–Trinajstić information content (AvgIpc) is 1.80. The predicted octanol–water partition coefficient (Wildman–Crippen LogP) is 2.14. The van der Waals surface area contributed by atoms with Gasteiger partial charge >= 0.3 is 0 Å². The maximum absolute atomic E-state index is 3.87. The second-order valence-corrected chi connectivity index (χ2v) is 3.51. The smallest absolute Gasteiger partial charge is 0.00950 e. The molecule has 0 aromatic heterocycles. The first kappa shape index (κ1) is 14.6. The van der Waals surface area contributed by atoms with E-state index in [1.54, 1.807) is 0 Å². The number of hydrogen-bond acceptors (Lipinski definition) is 1. The molecule has 0 rings (SSSR count). The van der Waals surface area contributed by atoms with Gasteiger partial charge in [0.15, 0.2) is 0 Å². The van der Waals surface area contributed by atoms with Gasteiger partial charge < -0.3 is 18.7 Å². The number of nitrogens with zero attached hydrogens (tertiary/aromatic N) is 1. The summed E-state index contributed by atoms with van der Waals surface area (Å²) in [5, 5.41) is 0. The van der Waals surface area contributed by atoms with E-state index in [4.69, 9.17) is 0 Å². The third-order valence-corrected chi connectivity index (χ3v) is 1.65. The topological polar surface area (TPSA) is 3.24 Å². The molecule has 0 atom stereocenters. The van der Waals surface area contributed by atoms with Crippen LogP contribution >= 0.6 is 0 Å². The molecule has 11 heavy (non-hydrogen) atoms. The Balaban J connectivity index is 0. The van der Waals surface area contributed by atoms with E-state index in [9.17, 15) is 0 Å². The van der Waals surface area contributed by atoms with E-state index in [0.717, 1.165) is 19.5 Å². The van der Waals surface area contributed by atoms with Crippen LogP contribution < -0.4 is 0 Å². The summed E-state index contributed by atoms with van der Waals surface area (Å²) in [6.07, 6.45) is 0.965. The largest absolute Gasteiger partial charge is 0.342 e. The Kier molecular flexibility index (Phi) is 8.70. The summed E-state index contributed by atoms with van der Waals surface area (Å²) in [4.78, 5) is 2.32. The summed E-state index contributed by atoms with van der Waals surface area (Å²) in [6.45, 7) is 16.2. The second-order valence-electron chi connectivity index (χ2n) is 3.51. The zero-order valence-electron chi connectivity index (χ0n) is 8.06. The van der Waals surface area contributed by atoms with Gasteiger partial charge in [0, 0.05) is 38.2 Å². The van der Waals surface area contributed by atoms with Crippen molar-refractivity contribution in [3.63, 3.8) is 0 Å². The fourth-order valence-corrected chi connectivity index (χ4v) is 0.973. The molecule has 0 aromatic carbocycles. The van der Waals surface area contributed by atoms with Gasteiger partial charge in [-0.2, -0.15) is 6.42 Å². The van der Waals surface area contributed by atoms with Crippen molar-refractivity contribution in [1.29, 1.82) is 0 Å². The molecule has 0 aliphatic heterocycles. The number of hydrogen-bond donors (Lipinski definition) is 0. The molecule has 0 saturated heterocycles. The molecule has 0 aliphatic carbocycles. The van der Waals surface area contributed by atoms with Crippen LogP contribution in [0.4, 0.5) is 0 Å². The fraction of sp³-hybridized carbons (Fsp3) is 0.778. The SMILES string of the molecule is [CH2-]CCN(C[CH2-])C(C)(C)C.[Y]. The van der Waals surface area contributed by atoms with Crippen LogP contribution in [0.3, 0.4) is 0 Å². The number of rotatable bonds is 3. The van der Waals surface area contributed by atoms with Crippen LogP contribution in [-0.4, -0.2) is 23.5 Å². The third-order valence-electron chi connectivity index (χ3n) is 1.65. The summed E-state index contributed by atoms with van der Waals surface area (Å²) in [6, 6.07) is 0. The van der Waals surface area contributed by atoms with Crippen LogP contribution in [0, 0.1) is 13.8 Å².